The second-order valence-electron chi connectivity index (χ2n) is 4.17. The summed E-state index contributed by atoms with van der Waals surface area (Å²) in [6.45, 7) is 0.610. The Morgan fingerprint density at radius 1 is 1.33 bits per heavy atom. The lowest BCUT2D eigenvalue weighted by Gasteiger charge is -2.08. The monoisotopic (exact) mass is 325 g/mol. The largest absolute Gasteiger partial charge is 0.463 e. The summed E-state index contributed by atoms with van der Waals surface area (Å²) in [6.07, 6.45) is 2.20. The van der Waals surface area contributed by atoms with Crippen LogP contribution < -0.4 is 5.32 Å². The van der Waals surface area contributed by atoms with Crippen molar-refractivity contribution in [2.24, 2.45) is 0 Å². The average molecular weight is 326 g/mol. The number of ether oxygens (including phenoxy) is 1. The number of carbonyl (C=O) groups excluding carboxylic acids is 1. The summed E-state index contributed by atoms with van der Waals surface area (Å²) in [4.78, 5) is 19.2. The molecule has 0 spiro atoms. The minimum absolute atomic E-state index is 0.0204. The van der Waals surface area contributed by atoms with Crippen LogP contribution in [0.1, 0.15) is 16.2 Å². The van der Waals surface area contributed by atoms with E-state index in [-0.39, 0.29) is 5.82 Å². The second-order valence-corrected chi connectivity index (χ2v) is 5.01. The number of rotatable bonds is 5. The van der Waals surface area contributed by atoms with Gasteiger partial charge in [0, 0.05) is 22.8 Å². The van der Waals surface area contributed by atoms with E-state index in [1.54, 1.807) is 18.2 Å². The zero-order chi connectivity index (χ0) is 15.2. The Morgan fingerprint density at radius 2 is 2.14 bits per heavy atom. The molecular weight excluding hydrogens is 313 g/mol. The zero-order valence-corrected chi connectivity index (χ0v) is 12.8. The summed E-state index contributed by atoms with van der Waals surface area (Å²) in [6, 6.07) is 7.06. The molecule has 0 atom stereocenters. The van der Waals surface area contributed by atoms with Gasteiger partial charge < -0.3 is 10.1 Å². The number of nitrogens with zero attached hydrogens (tertiary/aromatic N) is 2. The van der Waals surface area contributed by atoms with Crippen LogP contribution in [0.2, 0.25) is 10.0 Å². The highest BCUT2D eigenvalue weighted by molar-refractivity contribution is 6.35. The van der Waals surface area contributed by atoms with Gasteiger partial charge in [0.1, 0.15) is 5.82 Å². The van der Waals surface area contributed by atoms with Crippen molar-refractivity contribution in [1.82, 2.24) is 9.97 Å². The van der Waals surface area contributed by atoms with Crippen molar-refractivity contribution in [2.75, 3.05) is 19.0 Å². The molecule has 0 aliphatic rings. The van der Waals surface area contributed by atoms with Crippen molar-refractivity contribution in [1.29, 1.82) is 0 Å². The predicted octanol–water partition coefficient (Wildman–Crippen LogP) is 3.22. The molecule has 0 unspecified atom stereocenters. The van der Waals surface area contributed by atoms with Gasteiger partial charge in [-0.1, -0.05) is 29.3 Å². The number of hydrogen-bond donors (Lipinski definition) is 1. The number of methoxy groups -OCH3 is 1. The Bertz CT molecular complexity index is 650. The molecule has 0 saturated carbocycles. The van der Waals surface area contributed by atoms with Crippen LogP contribution in [0.15, 0.2) is 30.5 Å². The highest BCUT2D eigenvalue weighted by Crippen LogP contribution is 2.21. The van der Waals surface area contributed by atoms with Gasteiger partial charge in [-0.15, -0.1) is 0 Å². The minimum Gasteiger partial charge on any atom is -0.463 e. The SMILES string of the molecule is COC(=O)c1nccc(NCCc2ccc(Cl)cc2Cl)n1. The van der Waals surface area contributed by atoms with Gasteiger partial charge in [-0.3, -0.25) is 0 Å². The summed E-state index contributed by atoms with van der Waals surface area (Å²) in [5.74, 6) is 0.00177. The fraction of sp³-hybridized carbons (Fsp3) is 0.214. The Hall–Kier alpha value is -1.85. The molecule has 1 aromatic heterocycles. The van der Waals surface area contributed by atoms with Crippen LogP contribution in [0.5, 0.6) is 0 Å². The molecular formula is C14H13Cl2N3O2. The fourth-order valence-corrected chi connectivity index (χ4v) is 2.20. The van der Waals surface area contributed by atoms with E-state index in [0.717, 1.165) is 5.56 Å². The fourth-order valence-electron chi connectivity index (χ4n) is 1.70. The molecule has 5 nitrogen and oxygen atoms in total. The van der Waals surface area contributed by atoms with E-state index in [1.165, 1.54) is 13.3 Å². The van der Waals surface area contributed by atoms with E-state index in [4.69, 9.17) is 23.2 Å². The van der Waals surface area contributed by atoms with Crippen LogP contribution in [0.3, 0.4) is 0 Å². The number of esters is 1. The van der Waals surface area contributed by atoms with Crippen molar-refractivity contribution < 1.29 is 9.53 Å². The summed E-state index contributed by atoms with van der Waals surface area (Å²) in [7, 11) is 1.29. The number of nitrogens with one attached hydrogen (secondary N) is 1. The minimum atomic E-state index is -0.570. The summed E-state index contributed by atoms with van der Waals surface area (Å²) in [5, 5.41) is 4.34. The van der Waals surface area contributed by atoms with Gasteiger partial charge >= 0.3 is 5.97 Å². The molecule has 0 saturated heterocycles. The molecule has 0 bridgehead atoms. The third-order valence-corrected chi connectivity index (χ3v) is 3.33. The Kier molecular flexibility index (Phi) is 5.36. The van der Waals surface area contributed by atoms with Gasteiger partial charge in [0.15, 0.2) is 0 Å². The molecule has 110 valence electrons. The van der Waals surface area contributed by atoms with Crippen LogP contribution >= 0.6 is 23.2 Å². The molecule has 2 aromatic rings. The number of benzene rings is 1. The van der Waals surface area contributed by atoms with E-state index in [9.17, 15) is 4.79 Å². The molecule has 0 fully saturated rings. The third kappa shape index (κ3) is 4.31. The van der Waals surface area contributed by atoms with Gasteiger partial charge in [-0.2, -0.15) is 0 Å². The highest BCUT2D eigenvalue weighted by atomic mass is 35.5. The van der Waals surface area contributed by atoms with Gasteiger partial charge in [0.05, 0.1) is 7.11 Å². The van der Waals surface area contributed by atoms with Gasteiger partial charge in [-0.25, -0.2) is 14.8 Å². The van der Waals surface area contributed by atoms with Gasteiger partial charge in [0.2, 0.25) is 5.82 Å². The Morgan fingerprint density at radius 3 is 2.86 bits per heavy atom. The smallest absolute Gasteiger partial charge is 0.376 e. The van der Waals surface area contributed by atoms with E-state index < -0.39 is 5.97 Å². The van der Waals surface area contributed by atoms with Gasteiger partial charge in [-0.05, 0) is 30.2 Å². The van der Waals surface area contributed by atoms with E-state index in [2.05, 4.69) is 20.0 Å². The number of anilines is 1. The van der Waals surface area contributed by atoms with Crippen LogP contribution in [0, 0.1) is 0 Å². The number of carbonyl (C=O) groups is 1. The third-order valence-electron chi connectivity index (χ3n) is 2.74. The normalized spacial score (nSPS) is 10.2. The molecule has 1 heterocycles. The van der Waals surface area contributed by atoms with Crippen molar-refractivity contribution in [2.45, 2.75) is 6.42 Å². The van der Waals surface area contributed by atoms with Crippen LogP contribution in [-0.2, 0) is 11.2 Å². The maximum atomic E-state index is 11.3. The van der Waals surface area contributed by atoms with E-state index in [0.29, 0.717) is 28.8 Å². The molecule has 0 aliphatic heterocycles. The lowest BCUT2D eigenvalue weighted by Crippen LogP contribution is -2.11. The van der Waals surface area contributed by atoms with E-state index >= 15 is 0 Å². The maximum absolute atomic E-state index is 11.3. The topological polar surface area (TPSA) is 64.1 Å². The summed E-state index contributed by atoms with van der Waals surface area (Å²) in [5.41, 5.74) is 0.982. The van der Waals surface area contributed by atoms with Crippen molar-refractivity contribution in [3.8, 4) is 0 Å². The molecule has 0 amide bonds. The number of hydrogen-bond acceptors (Lipinski definition) is 5. The molecule has 2 rings (SSSR count). The number of halogens is 2. The standard InChI is InChI=1S/C14H13Cl2N3O2/c1-21-14(20)13-18-7-5-12(19-13)17-6-4-9-2-3-10(15)8-11(9)16/h2-3,5,7-8H,4,6H2,1H3,(H,17,18,19). The maximum Gasteiger partial charge on any atom is 0.376 e. The van der Waals surface area contributed by atoms with Crippen LogP contribution in [-0.4, -0.2) is 29.6 Å². The summed E-state index contributed by atoms with van der Waals surface area (Å²) < 4.78 is 4.57. The van der Waals surface area contributed by atoms with E-state index in [1.807, 2.05) is 6.07 Å². The molecule has 1 aromatic carbocycles. The molecule has 21 heavy (non-hydrogen) atoms. The summed E-state index contributed by atoms with van der Waals surface area (Å²) >= 11 is 11.9. The molecule has 1 N–H and O–H groups in total. The predicted molar refractivity (Wildman–Crippen MR) is 82.0 cm³/mol. The van der Waals surface area contributed by atoms with Crippen LogP contribution in [0.4, 0.5) is 5.82 Å². The average Bonchev–Trinajstić information content (AvgIpc) is 2.49. The van der Waals surface area contributed by atoms with Gasteiger partial charge in [0.25, 0.3) is 0 Å². The van der Waals surface area contributed by atoms with Crippen molar-refractivity contribution in [3.63, 3.8) is 0 Å². The Balaban J connectivity index is 1.95. The zero-order valence-electron chi connectivity index (χ0n) is 11.3. The molecule has 7 heteroatoms. The highest BCUT2D eigenvalue weighted by Gasteiger charge is 2.09. The van der Waals surface area contributed by atoms with Crippen LogP contribution in [0.25, 0.3) is 0 Å². The molecule has 0 radical (unpaired) electrons. The Labute approximate surface area is 132 Å². The van der Waals surface area contributed by atoms with Crippen molar-refractivity contribution in [3.05, 3.63) is 51.9 Å². The first-order chi connectivity index (χ1) is 10.1. The second kappa shape index (κ2) is 7.24. The quantitative estimate of drug-likeness (QED) is 0.855. The first kappa shape index (κ1) is 15.5. The lowest BCUT2D eigenvalue weighted by molar-refractivity contribution is 0.0587. The van der Waals surface area contributed by atoms with Crippen molar-refractivity contribution >= 4 is 35.0 Å². The number of aromatic nitrogens is 2. The molecule has 0 aliphatic carbocycles. The first-order valence-electron chi connectivity index (χ1n) is 6.19. The first-order valence-corrected chi connectivity index (χ1v) is 6.95. The lowest BCUT2D eigenvalue weighted by atomic mass is 10.1.